The monoisotopic (exact) mass is 260 g/mol. The number of amides is 1. The quantitative estimate of drug-likeness (QED) is 0.406. The van der Waals surface area contributed by atoms with Crippen LogP contribution in [0.2, 0.25) is 0 Å². The number of hydrogen-bond acceptors (Lipinski definition) is 5. The summed E-state index contributed by atoms with van der Waals surface area (Å²) >= 11 is 0. The highest BCUT2D eigenvalue weighted by Crippen LogP contribution is 1.90. The van der Waals surface area contributed by atoms with Crippen molar-refractivity contribution in [3.63, 3.8) is 0 Å². The van der Waals surface area contributed by atoms with Gasteiger partial charge in [-0.3, -0.25) is 9.59 Å². The fourth-order valence-corrected chi connectivity index (χ4v) is 1.30. The Hall–Kier alpha value is -1.14. The predicted octanol–water partition coefficient (Wildman–Crippen LogP) is 0.0720. The molecule has 0 rings (SSSR count). The van der Waals surface area contributed by atoms with Crippen LogP contribution < -0.4 is 10.6 Å². The first-order chi connectivity index (χ1) is 8.70. The van der Waals surface area contributed by atoms with E-state index in [1.165, 1.54) is 0 Å². The lowest BCUT2D eigenvalue weighted by Gasteiger charge is -2.06. The van der Waals surface area contributed by atoms with Gasteiger partial charge in [-0.2, -0.15) is 0 Å². The lowest BCUT2D eigenvalue weighted by Crippen LogP contribution is -2.35. The molecule has 0 aromatic carbocycles. The average Bonchev–Trinajstić information content (AvgIpc) is 2.34. The maximum atomic E-state index is 11.3. The Morgan fingerprint density at radius 1 is 1.17 bits per heavy atom. The van der Waals surface area contributed by atoms with Crippen molar-refractivity contribution < 1.29 is 19.1 Å². The van der Waals surface area contributed by atoms with E-state index in [0.29, 0.717) is 39.1 Å². The molecule has 0 saturated heterocycles. The molecular formula is C12H24N2O4. The van der Waals surface area contributed by atoms with Gasteiger partial charge in [-0.05, 0) is 26.3 Å². The molecular weight excluding hydrogens is 236 g/mol. The zero-order valence-corrected chi connectivity index (χ0v) is 11.3. The number of rotatable bonds is 11. The Morgan fingerprint density at radius 3 is 2.61 bits per heavy atom. The second-order valence-electron chi connectivity index (χ2n) is 3.78. The highest BCUT2D eigenvalue weighted by atomic mass is 16.5. The molecule has 2 N–H and O–H groups in total. The summed E-state index contributed by atoms with van der Waals surface area (Å²) in [6.07, 6.45) is 1.87. The number of hydrogen-bond donors (Lipinski definition) is 2. The SMILES string of the molecule is CCOC(=O)CCCNCC(=O)NCCCOC. The third-order valence-corrected chi connectivity index (χ3v) is 2.17. The van der Waals surface area contributed by atoms with Crippen LogP contribution in [0.5, 0.6) is 0 Å². The van der Waals surface area contributed by atoms with E-state index in [4.69, 9.17) is 9.47 Å². The normalized spacial score (nSPS) is 10.1. The van der Waals surface area contributed by atoms with Crippen molar-refractivity contribution in [2.45, 2.75) is 26.2 Å². The van der Waals surface area contributed by atoms with Gasteiger partial charge in [0.05, 0.1) is 13.2 Å². The molecule has 0 saturated carbocycles. The van der Waals surface area contributed by atoms with Crippen LogP contribution in [0, 0.1) is 0 Å². The standard InChI is InChI=1S/C12H24N2O4/c1-3-18-12(16)6-4-7-13-10-11(15)14-8-5-9-17-2/h13H,3-10H2,1-2H3,(H,14,15). The van der Waals surface area contributed by atoms with E-state index in [1.54, 1.807) is 14.0 Å². The van der Waals surface area contributed by atoms with E-state index in [0.717, 1.165) is 6.42 Å². The Labute approximate surface area is 108 Å². The zero-order valence-electron chi connectivity index (χ0n) is 11.3. The number of methoxy groups -OCH3 is 1. The van der Waals surface area contributed by atoms with Crippen LogP contribution in [0.1, 0.15) is 26.2 Å². The smallest absolute Gasteiger partial charge is 0.305 e. The molecule has 106 valence electrons. The van der Waals surface area contributed by atoms with E-state index in [-0.39, 0.29) is 18.4 Å². The molecule has 0 aliphatic carbocycles. The van der Waals surface area contributed by atoms with Crippen molar-refractivity contribution in [1.29, 1.82) is 0 Å². The van der Waals surface area contributed by atoms with Crippen LogP contribution >= 0.6 is 0 Å². The maximum Gasteiger partial charge on any atom is 0.305 e. The summed E-state index contributed by atoms with van der Waals surface area (Å²) in [5.74, 6) is -0.231. The van der Waals surface area contributed by atoms with Crippen LogP contribution in [0.25, 0.3) is 0 Å². The molecule has 0 atom stereocenters. The Kier molecular flexibility index (Phi) is 11.5. The van der Waals surface area contributed by atoms with E-state index in [2.05, 4.69) is 10.6 Å². The highest BCUT2D eigenvalue weighted by molar-refractivity contribution is 5.77. The van der Waals surface area contributed by atoms with Crippen LogP contribution in [-0.4, -0.2) is 51.8 Å². The largest absolute Gasteiger partial charge is 0.466 e. The topological polar surface area (TPSA) is 76.7 Å². The summed E-state index contributed by atoms with van der Waals surface area (Å²) in [6, 6.07) is 0. The van der Waals surface area contributed by atoms with E-state index in [1.807, 2.05) is 0 Å². The molecule has 0 spiro atoms. The molecule has 0 fully saturated rings. The number of esters is 1. The molecule has 0 aliphatic rings. The molecule has 0 aromatic heterocycles. The van der Waals surface area contributed by atoms with Crippen molar-refractivity contribution in [3.05, 3.63) is 0 Å². The van der Waals surface area contributed by atoms with Gasteiger partial charge in [0.1, 0.15) is 0 Å². The fraction of sp³-hybridized carbons (Fsp3) is 0.833. The van der Waals surface area contributed by atoms with Crippen LogP contribution in [0.15, 0.2) is 0 Å². The van der Waals surface area contributed by atoms with E-state index in [9.17, 15) is 9.59 Å². The number of ether oxygens (including phenoxy) is 2. The first-order valence-electron chi connectivity index (χ1n) is 6.32. The fourth-order valence-electron chi connectivity index (χ4n) is 1.30. The van der Waals surface area contributed by atoms with Gasteiger partial charge in [-0.1, -0.05) is 0 Å². The van der Waals surface area contributed by atoms with Gasteiger partial charge in [-0.25, -0.2) is 0 Å². The van der Waals surface area contributed by atoms with Crippen molar-refractivity contribution in [2.24, 2.45) is 0 Å². The maximum absolute atomic E-state index is 11.3. The number of nitrogens with one attached hydrogen (secondary N) is 2. The van der Waals surface area contributed by atoms with Gasteiger partial charge in [0.2, 0.25) is 5.91 Å². The van der Waals surface area contributed by atoms with Crippen LogP contribution in [0.4, 0.5) is 0 Å². The molecule has 6 heteroatoms. The number of carbonyl (C=O) groups is 2. The summed E-state index contributed by atoms with van der Waals surface area (Å²) in [6.45, 7) is 4.37. The summed E-state index contributed by atoms with van der Waals surface area (Å²) in [4.78, 5) is 22.3. The van der Waals surface area contributed by atoms with Crippen LogP contribution in [0.3, 0.4) is 0 Å². The minimum Gasteiger partial charge on any atom is -0.466 e. The first-order valence-corrected chi connectivity index (χ1v) is 6.32. The Bertz CT molecular complexity index is 234. The van der Waals surface area contributed by atoms with E-state index < -0.39 is 0 Å². The van der Waals surface area contributed by atoms with Crippen LogP contribution in [-0.2, 0) is 19.1 Å². The summed E-state index contributed by atoms with van der Waals surface area (Å²) in [7, 11) is 1.63. The first kappa shape index (κ1) is 16.9. The molecule has 0 unspecified atom stereocenters. The average molecular weight is 260 g/mol. The minimum absolute atomic E-state index is 0.0396. The molecule has 0 radical (unpaired) electrons. The molecule has 0 aliphatic heterocycles. The summed E-state index contributed by atoms with van der Waals surface area (Å²) in [5, 5.41) is 5.74. The third kappa shape index (κ3) is 11.3. The van der Waals surface area contributed by atoms with Gasteiger partial charge in [0.25, 0.3) is 0 Å². The summed E-state index contributed by atoms with van der Waals surface area (Å²) in [5.41, 5.74) is 0. The van der Waals surface area contributed by atoms with Crippen molar-refractivity contribution >= 4 is 11.9 Å². The van der Waals surface area contributed by atoms with Gasteiger partial charge in [0.15, 0.2) is 0 Å². The molecule has 0 heterocycles. The van der Waals surface area contributed by atoms with Crippen molar-refractivity contribution in [2.75, 3.05) is 40.0 Å². The molecule has 6 nitrogen and oxygen atoms in total. The zero-order chi connectivity index (χ0) is 13.6. The second-order valence-corrected chi connectivity index (χ2v) is 3.78. The van der Waals surface area contributed by atoms with E-state index >= 15 is 0 Å². The Balaban J connectivity index is 3.27. The van der Waals surface area contributed by atoms with Gasteiger partial charge >= 0.3 is 5.97 Å². The lowest BCUT2D eigenvalue weighted by molar-refractivity contribution is -0.143. The number of carbonyl (C=O) groups excluding carboxylic acids is 2. The second kappa shape index (κ2) is 12.3. The van der Waals surface area contributed by atoms with Crippen molar-refractivity contribution in [1.82, 2.24) is 10.6 Å². The third-order valence-electron chi connectivity index (χ3n) is 2.17. The minimum atomic E-state index is -0.191. The van der Waals surface area contributed by atoms with Gasteiger partial charge < -0.3 is 20.1 Å². The summed E-state index contributed by atoms with van der Waals surface area (Å²) < 4.78 is 9.66. The van der Waals surface area contributed by atoms with Gasteiger partial charge in [0, 0.05) is 26.7 Å². The molecule has 0 bridgehead atoms. The lowest BCUT2D eigenvalue weighted by atomic mass is 10.3. The molecule has 18 heavy (non-hydrogen) atoms. The highest BCUT2D eigenvalue weighted by Gasteiger charge is 2.02. The molecule has 1 amide bonds. The Morgan fingerprint density at radius 2 is 1.94 bits per heavy atom. The predicted molar refractivity (Wildman–Crippen MR) is 68.2 cm³/mol. The molecule has 0 aromatic rings. The van der Waals surface area contributed by atoms with Gasteiger partial charge in [-0.15, -0.1) is 0 Å². The van der Waals surface area contributed by atoms with Crippen molar-refractivity contribution in [3.8, 4) is 0 Å².